The highest BCUT2D eigenvalue weighted by Crippen LogP contribution is 2.33. The molecule has 3 N–H and O–H groups in total. The van der Waals surface area contributed by atoms with Crippen molar-refractivity contribution in [2.75, 3.05) is 10.6 Å². The Morgan fingerprint density at radius 2 is 1.79 bits per heavy atom. The van der Waals surface area contributed by atoms with Gasteiger partial charge in [-0.1, -0.05) is 18.2 Å². The van der Waals surface area contributed by atoms with E-state index in [1.165, 1.54) is 30.3 Å². The van der Waals surface area contributed by atoms with Crippen molar-refractivity contribution in [2.45, 2.75) is 12.8 Å². The van der Waals surface area contributed by atoms with Gasteiger partial charge in [0.25, 0.3) is 0 Å². The summed E-state index contributed by atoms with van der Waals surface area (Å²) in [5, 5.41) is 11.9. The number of aromatic amines is 1. The lowest BCUT2D eigenvalue weighted by atomic mass is 10.1. The first-order chi connectivity index (χ1) is 15.7. The first-order valence-electron chi connectivity index (χ1n) is 9.50. The van der Waals surface area contributed by atoms with Crippen molar-refractivity contribution in [3.05, 3.63) is 83.4 Å². The van der Waals surface area contributed by atoms with E-state index in [4.69, 9.17) is 4.74 Å². The smallest absolute Gasteiger partial charge is 0.416 e. The number of anilines is 2. The molecule has 170 valence electrons. The molecule has 0 aliphatic carbocycles. The largest absolute Gasteiger partial charge is 0.489 e. The van der Waals surface area contributed by atoms with Crippen LogP contribution in [0.5, 0.6) is 5.75 Å². The third-order valence-electron chi connectivity index (χ3n) is 4.66. The second-order valence-electron chi connectivity index (χ2n) is 6.93. The number of alkyl halides is 3. The molecule has 1 aromatic heterocycles. The van der Waals surface area contributed by atoms with Crippen molar-refractivity contribution in [3.63, 3.8) is 0 Å². The predicted octanol–water partition coefficient (Wildman–Crippen LogP) is 6.08. The number of fused-ring (bicyclic) bond motifs is 1. The zero-order valence-corrected chi connectivity index (χ0v) is 16.6. The zero-order valence-electron chi connectivity index (χ0n) is 16.6. The number of nitrogens with zero attached hydrogens (tertiary/aromatic N) is 1. The van der Waals surface area contributed by atoms with E-state index in [1.54, 1.807) is 12.1 Å². The molecule has 0 unspecified atom stereocenters. The number of H-pyrrole nitrogens is 1. The Kier molecular flexibility index (Phi) is 5.86. The number of benzene rings is 3. The molecule has 0 saturated carbocycles. The first-order valence-corrected chi connectivity index (χ1v) is 9.50. The molecule has 6 nitrogen and oxygen atoms in total. The van der Waals surface area contributed by atoms with Gasteiger partial charge in [-0.3, -0.25) is 10.4 Å². The number of carbonyl (C=O) groups excluding carboxylic acids is 1. The number of para-hydroxylation sites is 1. The quantitative estimate of drug-likeness (QED) is 0.315. The van der Waals surface area contributed by atoms with Gasteiger partial charge < -0.3 is 10.1 Å². The lowest BCUT2D eigenvalue weighted by Crippen LogP contribution is -2.20. The molecule has 1 heterocycles. The molecule has 2 amide bonds. The molecule has 3 aromatic carbocycles. The van der Waals surface area contributed by atoms with Gasteiger partial charge in [0.15, 0.2) is 5.82 Å². The lowest BCUT2D eigenvalue weighted by molar-refractivity contribution is -0.138. The molecule has 0 radical (unpaired) electrons. The van der Waals surface area contributed by atoms with Gasteiger partial charge in [-0.15, -0.1) is 0 Å². The van der Waals surface area contributed by atoms with E-state index in [0.29, 0.717) is 17.0 Å². The van der Waals surface area contributed by atoms with Crippen LogP contribution >= 0.6 is 0 Å². The van der Waals surface area contributed by atoms with E-state index in [1.807, 2.05) is 0 Å². The van der Waals surface area contributed by atoms with Crippen LogP contribution in [0.1, 0.15) is 11.1 Å². The van der Waals surface area contributed by atoms with Crippen molar-refractivity contribution >= 4 is 28.4 Å². The van der Waals surface area contributed by atoms with E-state index < -0.39 is 36.0 Å². The van der Waals surface area contributed by atoms with Crippen LogP contribution in [0, 0.1) is 11.6 Å². The van der Waals surface area contributed by atoms with Crippen LogP contribution in [-0.2, 0) is 12.8 Å². The average Bonchev–Trinajstić information content (AvgIpc) is 3.15. The predicted molar refractivity (Wildman–Crippen MR) is 111 cm³/mol. The van der Waals surface area contributed by atoms with Crippen LogP contribution in [0.4, 0.5) is 38.3 Å². The summed E-state index contributed by atoms with van der Waals surface area (Å²) in [6.07, 6.45) is -4.74. The minimum atomic E-state index is -4.74. The van der Waals surface area contributed by atoms with Gasteiger partial charge in [0.2, 0.25) is 0 Å². The molecular formula is C22H15F5N4O2. The fourth-order valence-electron chi connectivity index (χ4n) is 3.10. The van der Waals surface area contributed by atoms with Crippen LogP contribution in [0.15, 0.2) is 60.7 Å². The number of aromatic nitrogens is 2. The summed E-state index contributed by atoms with van der Waals surface area (Å²) >= 11 is 0. The molecule has 4 rings (SSSR count). The fraction of sp³-hybridized carbons (Fsp3) is 0.0909. The van der Waals surface area contributed by atoms with Gasteiger partial charge in [0.1, 0.15) is 24.0 Å². The van der Waals surface area contributed by atoms with Gasteiger partial charge in [0, 0.05) is 10.9 Å². The Morgan fingerprint density at radius 3 is 2.55 bits per heavy atom. The SMILES string of the molecule is O=C(Nc1ccccc1F)Nc1n[nH]c2ccc(OCc3ccc(F)cc3C(F)(F)F)cc12. The van der Waals surface area contributed by atoms with Crippen LogP contribution in [0.25, 0.3) is 10.9 Å². The third-order valence-corrected chi connectivity index (χ3v) is 4.66. The number of hydrogen-bond acceptors (Lipinski definition) is 3. The highest BCUT2D eigenvalue weighted by Gasteiger charge is 2.33. The highest BCUT2D eigenvalue weighted by atomic mass is 19.4. The summed E-state index contributed by atoms with van der Waals surface area (Å²) in [5.41, 5.74) is -0.877. The second-order valence-corrected chi connectivity index (χ2v) is 6.93. The van der Waals surface area contributed by atoms with E-state index in [9.17, 15) is 26.7 Å². The Bertz CT molecular complexity index is 1320. The van der Waals surface area contributed by atoms with Gasteiger partial charge in [-0.2, -0.15) is 18.3 Å². The van der Waals surface area contributed by atoms with E-state index in [2.05, 4.69) is 20.8 Å². The number of nitrogens with one attached hydrogen (secondary N) is 3. The summed E-state index contributed by atoms with van der Waals surface area (Å²) in [4.78, 5) is 12.2. The maximum absolute atomic E-state index is 13.7. The number of urea groups is 1. The summed E-state index contributed by atoms with van der Waals surface area (Å²) in [6, 6.07) is 11.7. The number of amides is 2. The molecule has 33 heavy (non-hydrogen) atoms. The monoisotopic (exact) mass is 462 g/mol. The number of rotatable bonds is 5. The van der Waals surface area contributed by atoms with Crippen molar-refractivity contribution in [3.8, 4) is 5.75 Å². The molecule has 0 aliphatic heterocycles. The van der Waals surface area contributed by atoms with E-state index in [-0.39, 0.29) is 22.8 Å². The van der Waals surface area contributed by atoms with Crippen molar-refractivity contribution < 1.29 is 31.5 Å². The van der Waals surface area contributed by atoms with Gasteiger partial charge in [-0.05, 0) is 42.5 Å². The minimum absolute atomic E-state index is 0.0290. The number of carbonyl (C=O) groups is 1. The van der Waals surface area contributed by atoms with Crippen molar-refractivity contribution in [1.29, 1.82) is 0 Å². The van der Waals surface area contributed by atoms with Crippen molar-refractivity contribution in [2.24, 2.45) is 0 Å². The summed E-state index contributed by atoms with van der Waals surface area (Å²) in [7, 11) is 0. The highest BCUT2D eigenvalue weighted by molar-refractivity contribution is 6.04. The molecule has 0 atom stereocenters. The van der Waals surface area contributed by atoms with Crippen molar-refractivity contribution in [1.82, 2.24) is 10.2 Å². The molecule has 0 saturated heterocycles. The molecular weight excluding hydrogens is 447 g/mol. The van der Waals surface area contributed by atoms with Gasteiger partial charge in [-0.25, -0.2) is 13.6 Å². The second kappa shape index (κ2) is 8.77. The molecule has 0 aliphatic rings. The van der Waals surface area contributed by atoms with Crippen LogP contribution in [-0.4, -0.2) is 16.2 Å². The molecule has 0 spiro atoms. The third kappa shape index (κ3) is 5.03. The molecule has 0 bridgehead atoms. The van der Waals surface area contributed by atoms with E-state index >= 15 is 0 Å². The van der Waals surface area contributed by atoms with Gasteiger partial charge >= 0.3 is 12.2 Å². The Hall–Kier alpha value is -4.15. The summed E-state index contributed by atoms with van der Waals surface area (Å²) < 4.78 is 72.0. The molecule has 11 heteroatoms. The topological polar surface area (TPSA) is 79.0 Å². The Morgan fingerprint density at radius 1 is 1.00 bits per heavy atom. The number of hydrogen-bond donors (Lipinski definition) is 3. The fourth-order valence-corrected chi connectivity index (χ4v) is 3.10. The van der Waals surface area contributed by atoms with Crippen LogP contribution in [0.3, 0.4) is 0 Å². The van der Waals surface area contributed by atoms with Crippen LogP contribution in [0.2, 0.25) is 0 Å². The normalized spacial score (nSPS) is 11.4. The number of ether oxygens (including phenoxy) is 1. The molecule has 0 fully saturated rings. The molecule has 4 aromatic rings. The van der Waals surface area contributed by atoms with Gasteiger partial charge in [0.05, 0.1) is 16.8 Å². The first kappa shape index (κ1) is 22.1. The van der Waals surface area contributed by atoms with E-state index in [0.717, 1.165) is 12.1 Å². The minimum Gasteiger partial charge on any atom is -0.489 e. The Labute approximate surface area is 183 Å². The van der Waals surface area contributed by atoms with Crippen LogP contribution < -0.4 is 15.4 Å². The summed E-state index contributed by atoms with van der Waals surface area (Å²) in [5.74, 6) is -1.33. The average molecular weight is 462 g/mol. The summed E-state index contributed by atoms with van der Waals surface area (Å²) in [6.45, 7) is -0.463. The number of halogens is 5. The lowest BCUT2D eigenvalue weighted by Gasteiger charge is -2.14. The zero-order chi connectivity index (χ0) is 23.6. The maximum atomic E-state index is 13.7. The Balaban J connectivity index is 1.51. The maximum Gasteiger partial charge on any atom is 0.416 e. The standard InChI is InChI=1S/C22H15F5N4O2/c23-13-6-5-12(16(9-13)22(25,26)27)11-33-14-7-8-18-15(10-14)20(31-30-18)29-21(32)28-19-4-2-1-3-17(19)24/h1-10H,11H2,(H3,28,29,30,31,32).